The number of unbranched alkanes of at least 4 members (excludes halogenated alkanes) is 1. The minimum Gasteiger partial charge on any atom is -0.508 e. The van der Waals surface area contributed by atoms with E-state index in [4.69, 9.17) is 10.5 Å². The maximum atomic E-state index is 13.7. The molecule has 3 amide bonds. The van der Waals surface area contributed by atoms with Gasteiger partial charge in [-0.15, -0.1) is 0 Å². The zero-order valence-electron chi connectivity index (χ0n) is 34.8. The number of aliphatic hydroxyl groups is 1. The second-order valence-electron chi connectivity index (χ2n) is 15.8. The Morgan fingerprint density at radius 2 is 1.54 bits per heavy atom. The van der Waals surface area contributed by atoms with Crippen LogP contribution >= 0.6 is 0 Å². The van der Waals surface area contributed by atoms with Gasteiger partial charge in [0.1, 0.15) is 29.2 Å². The summed E-state index contributed by atoms with van der Waals surface area (Å²) >= 11 is 0. The number of ketones is 1. The van der Waals surface area contributed by atoms with E-state index in [-0.39, 0.29) is 53.8 Å². The number of rotatable bonds is 18. The molecule has 8 N–H and O–H groups in total. The number of hydrogen-bond donors (Lipinski definition) is 7. The number of guanidine groups is 1. The number of nitrogens with zero attached hydrogens (tertiary/aromatic N) is 1. The van der Waals surface area contributed by atoms with Gasteiger partial charge in [0.25, 0.3) is 10.0 Å². The Bertz CT molecular complexity index is 2140. The standard InChI is InChI=1S/C43H58N6O9S/c1-25-26(2)39(27(3)33-20-21-43(6,7)58-38(25)33)59(56,57)49-42(44)45-22-12-11-15-34(36(53)24-30-13-9-8-10-14-30)47-41(55)37(28(4)50)48-40(54)35(46-29(5)51)23-31-16-18-32(52)19-17-31/h8-10,13-14,16-19,28,34-35,37,50,52H,11-12,15,20-24H2,1-7H3,(H,46,51)(H,47,55)(H,48,54)(H3,44,45,49)/t28-,34+,35+,37+/m1/s1. The number of amides is 3. The first kappa shape index (κ1) is 46.2. The van der Waals surface area contributed by atoms with Gasteiger partial charge in [-0.1, -0.05) is 42.5 Å². The zero-order valence-corrected chi connectivity index (χ0v) is 35.7. The van der Waals surface area contributed by atoms with Crippen molar-refractivity contribution in [1.29, 1.82) is 0 Å². The zero-order chi connectivity index (χ0) is 43.7. The Hall–Kier alpha value is -5.48. The summed E-state index contributed by atoms with van der Waals surface area (Å²) in [5.74, 6) is -1.89. The van der Waals surface area contributed by atoms with Crippen molar-refractivity contribution in [3.63, 3.8) is 0 Å². The Kier molecular flexibility index (Phi) is 15.7. The first-order valence-electron chi connectivity index (χ1n) is 19.7. The second kappa shape index (κ2) is 20.0. The summed E-state index contributed by atoms with van der Waals surface area (Å²) in [5.41, 5.74) is 9.84. The number of sulfonamides is 1. The Balaban J connectivity index is 1.43. The van der Waals surface area contributed by atoms with Gasteiger partial charge in [-0.3, -0.25) is 24.2 Å². The van der Waals surface area contributed by atoms with E-state index in [1.807, 2.05) is 26.8 Å². The Morgan fingerprint density at radius 3 is 2.17 bits per heavy atom. The highest BCUT2D eigenvalue weighted by atomic mass is 32.2. The van der Waals surface area contributed by atoms with E-state index in [2.05, 4.69) is 25.7 Å². The molecule has 0 aliphatic carbocycles. The molecule has 0 bridgehead atoms. The first-order chi connectivity index (χ1) is 27.7. The summed E-state index contributed by atoms with van der Waals surface area (Å²) in [6.07, 6.45) is 0.990. The number of ether oxygens (including phenoxy) is 1. The molecule has 15 nitrogen and oxygen atoms in total. The number of carbonyl (C=O) groups excluding carboxylic acids is 4. The van der Waals surface area contributed by atoms with Crippen molar-refractivity contribution in [3.8, 4) is 11.5 Å². The number of nitrogens with one attached hydrogen (secondary N) is 4. The van der Waals surface area contributed by atoms with Crippen LogP contribution in [0.15, 0.2) is 64.5 Å². The third-order valence-corrected chi connectivity index (χ3v) is 12.0. The van der Waals surface area contributed by atoms with Crippen molar-refractivity contribution < 1.29 is 42.5 Å². The minimum absolute atomic E-state index is 0.00644. The van der Waals surface area contributed by atoms with Crippen molar-refractivity contribution in [2.24, 2.45) is 10.7 Å². The smallest absolute Gasteiger partial charge is 0.264 e. The molecule has 0 saturated heterocycles. The highest BCUT2D eigenvalue weighted by Crippen LogP contribution is 2.42. The summed E-state index contributed by atoms with van der Waals surface area (Å²) < 4.78 is 35.9. The van der Waals surface area contributed by atoms with Gasteiger partial charge in [-0.2, -0.15) is 0 Å². The number of hydrogen-bond acceptors (Lipinski definition) is 10. The molecule has 0 radical (unpaired) electrons. The van der Waals surface area contributed by atoms with Crippen molar-refractivity contribution in [1.82, 2.24) is 20.7 Å². The van der Waals surface area contributed by atoms with Gasteiger partial charge in [-0.25, -0.2) is 13.1 Å². The summed E-state index contributed by atoms with van der Waals surface area (Å²) in [4.78, 5) is 57.1. The molecule has 16 heteroatoms. The summed E-state index contributed by atoms with van der Waals surface area (Å²) in [6, 6.07) is 11.4. The summed E-state index contributed by atoms with van der Waals surface area (Å²) in [5, 5.41) is 28.0. The fourth-order valence-corrected chi connectivity index (χ4v) is 8.63. The summed E-state index contributed by atoms with van der Waals surface area (Å²) in [6.45, 7) is 12.0. The van der Waals surface area contributed by atoms with Crippen molar-refractivity contribution >= 4 is 39.5 Å². The maximum Gasteiger partial charge on any atom is 0.264 e. The van der Waals surface area contributed by atoms with Crippen LogP contribution in [0.3, 0.4) is 0 Å². The van der Waals surface area contributed by atoms with E-state index in [1.165, 1.54) is 26.0 Å². The lowest BCUT2D eigenvalue weighted by Crippen LogP contribution is -2.59. The molecule has 3 aromatic carbocycles. The van der Waals surface area contributed by atoms with E-state index in [0.717, 1.165) is 28.9 Å². The highest BCUT2D eigenvalue weighted by Gasteiger charge is 2.35. The molecule has 59 heavy (non-hydrogen) atoms. The van der Waals surface area contributed by atoms with Crippen molar-refractivity contribution in [2.45, 2.75) is 128 Å². The number of aliphatic hydroxyl groups excluding tert-OH is 1. The molecule has 4 atom stereocenters. The van der Waals surface area contributed by atoms with Gasteiger partial charge < -0.3 is 36.6 Å². The average molecular weight is 835 g/mol. The van der Waals surface area contributed by atoms with E-state index in [0.29, 0.717) is 36.0 Å². The Morgan fingerprint density at radius 1 is 0.881 bits per heavy atom. The topological polar surface area (TPSA) is 239 Å². The number of fused-ring (bicyclic) bond motifs is 1. The van der Waals surface area contributed by atoms with Crippen LogP contribution in [0.5, 0.6) is 11.5 Å². The number of aromatic hydroxyl groups is 1. The quantitative estimate of drug-likeness (QED) is 0.0562. The van der Waals surface area contributed by atoms with Crippen molar-refractivity contribution in [3.05, 3.63) is 88.0 Å². The lowest BCUT2D eigenvalue weighted by atomic mass is 9.88. The molecule has 1 aliphatic heterocycles. The molecule has 0 saturated carbocycles. The van der Waals surface area contributed by atoms with Crippen LogP contribution in [0, 0.1) is 20.8 Å². The van der Waals surface area contributed by atoms with Gasteiger partial charge in [0.15, 0.2) is 5.78 Å². The normalized spacial score (nSPS) is 15.7. The molecule has 1 aliphatic rings. The van der Waals surface area contributed by atoms with E-state index in [1.54, 1.807) is 50.2 Å². The number of nitrogens with two attached hydrogens (primary N) is 1. The van der Waals surface area contributed by atoms with Gasteiger partial charge in [0, 0.05) is 26.3 Å². The van der Waals surface area contributed by atoms with Crippen LogP contribution in [-0.4, -0.2) is 84.5 Å². The molecule has 0 aromatic heterocycles. The van der Waals surface area contributed by atoms with Crippen LogP contribution in [0.4, 0.5) is 0 Å². The van der Waals surface area contributed by atoms with Crippen LogP contribution < -0.4 is 31.1 Å². The molecular formula is C43H58N6O9S. The van der Waals surface area contributed by atoms with Crippen LogP contribution in [0.25, 0.3) is 0 Å². The molecule has 0 fully saturated rings. The summed E-state index contributed by atoms with van der Waals surface area (Å²) in [7, 11) is -4.10. The van der Waals surface area contributed by atoms with E-state index < -0.39 is 52.0 Å². The third kappa shape index (κ3) is 12.8. The number of phenolic OH excluding ortho intramolecular Hbond substituents is 1. The monoisotopic (exact) mass is 834 g/mol. The van der Waals surface area contributed by atoms with E-state index in [9.17, 15) is 37.8 Å². The lowest BCUT2D eigenvalue weighted by Gasteiger charge is -2.35. The van der Waals surface area contributed by atoms with Gasteiger partial charge in [0.05, 0.1) is 17.0 Å². The third-order valence-electron chi connectivity index (χ3n) is 10.4. The maximum absolute atomic E-state index is 13.7. The van der Waals surface area contributed by atoms with Gasteiger partial charge >= 0.3 is 0 Å². The predicted molar refractivity (Wildman–Crippen MR) is 224 cm³/mol. The largest absolute Gasteiger partial charge is 0.508 e. The minimum atomic E-state index is -4.10. The van der Waals surface area contributed by atoms with Gasteiger partial charge in [-0.05, 0) is 119 Å². The number of Topliss-reactive ketones (excluding diaryl/α,β-unsaturated/α-hetero) is 1. The fraction of sp³-hybridized carbons (Fsp3) is 0.465. The molecule has 4 rings (SSSR count). The van der Waals surface area contributed by atoms with Crippen LogP contribution in [-0.2, 0) is 48.5 Å². The fourth-order valence-electron chi connectivity index (χ4n) is 7.11. The number of benzene rings is 3. The molecule has 0 unspecified atom stereocenters. The van der Waals surface area contributed by atoms with Crippen molar-refractivity contribution in [2.75, 3.05) is 6.54 Å². The number of carbonyl (C=O) groups is 4. The molecule has 0 spiro atoms. The predicted octanol–water partition coefficient (Wildman–Crippen LogP) is 3.09. The highest BCUT2D eigenvalue weighted by molar-refractivity contribution is 7.90. The SMILES string of the molecule is CC(=O)N[C@@H](Cc1ccc(O)cc1)C(=O)N[C@H](C(=O)N[C@@H](CCCCN=C(N)NS(=O)(=O)c1c(C)c(C)c2c(c1C)CCC(C)(C)O2)C(=O)Cc1ccccc1)[C@@H](C)O. The lowest BCUT2D eigenvalue weighted by molar-refractivity contribution is -0.135. The molecule has 1 heterocycles. The molecule has 3 aromatic rings. The van der Waals surface area contributed by atoms with E-state index >= 15 is 0 Å². The Labute approximate surface area is 346 Å². The van der Waals surface area contributed by atoms with Gasteiger partial charge in [0.2, 0.25) is 23.7 Å². The first-order valence-corrected chi connectivity index (χ1v) is 21.2. The second-order valence-corrected chi connectivity index (χ2v) is 17.4. The number of aliphatic imine (C=N–C) groups is 1. The van der Waals surface area contributed by atoms with Crippen LogP contribution in [0.1, 0.15) is 86.8 Å². The van der Waals surface area contributed by atoms with Crippen LogP contribution in [0.2, 0.25) is 0 Å². The molecular weight excluding hydrogens is 777 g/mol. The molecule has 320 valence electrons. The number of phenols is 1. The average Bonchev–Trinajstić information content (AvgIpc) is 3.15.